The fraction of sp³-hybridized carbons (Fsp3) is 0.0833. The number of methoxy groups -OCH3 is 2. The molecule has 0 aliphatic carbocycles. The lowest BCUT2D eigenvalue weighted by atomic mass is 10.1. The van der Waals surface area contributed by atoms with E-state index in [-0.39, 0.29) is 45.0 Å². The second kappa shape index (κ2) is 10.8. The summed E-state index contributed by atoms with van der Waals surface area (Å²) in [6, 6.07) is 12.2. The van der Waals surface area contributed by atoms with Crippen LogP contribution in [0.1, 0.15) is 0 Å². The Morgan fingerprint density at radius 1 is 0.625 bits per heavy atom. The van der Waals surface area contributed by atoms with Gasteiger partial charge in [0.15, 0.2) is 11.5 Å². The van der Waals surface area contributed by atoms with E-state index in [1.54, 1.807) is 12.1 Å². The van der Waals surface area contributed by atoms with Crippen molar-refractivity contribution >= 4 is 54.0 Å². The Hall–Kier alpha value is -4.70. The highest BCUT2D eigenvalue weighted by Crippen LogP contribution is 2.51. The molecule has 4 rings (SSSR count). The van der Waals surface area contributed by atoms with E-state index in [1.165, 1.54) is 26.4 Å². The van der Waals surface area contributed by atoms with Crippen LogP contribution in [0.5, 0.6) is 23.0 Å². The molecular formula is C24H18F2N4O8S2. The van der Waals surface area contributed by atoms with Crippen LogP contribution in [0.25, 0.3) is 10.8 Å². The van der Waals surface area contributed by atoms with Crippen LogP contribution in [0.2, 0.25) is 0 Å². The van der Waals surface area contributed by atoms with E-state index in [1.807, 2.05) is 0 Å². The molecule has 4 aromatic carbocycles. The van der Waals surface area contributed by atoms with Gasteiger partial charge in [-0.05, 0) is 36.4 Å². The van der Waals surface area contributed by atoms with Crippen LogP contribution in [0, 0.1) is 0 Å². The van der Waals surface area contributed by atoms with Crippen LogP contribution < -0.4 is 9.47 Å². The summed E-state index contributed by atoms with van der Waals surface area (Å²) < 4.78 is 82.5. The molecule has 0 aliphatic rings. The van der Waals surface area contributed by atoms with Crippen molar-refractivity contribution in [1.29, 1.82) is 0 Å². The van der Waals surface area contributed by atoms with Gasteiger partial charge in [-0.1, -0.05) is 24.3 Å². The lowest BCUT2D eigenvalue weighted by Gasteiger charge is -2.10. The SMILES string of the molecule is COc1ccc(S(=O)(=O)F)cc1/N=N/c1c(O)c(O)c(/N=N/c2cc(S(=O)(=O)F)ccc2OC)c2ccccc12. The summed E-state index contributed by atoms with van der Waals surface area (Å²) in [6.07, 6.45) is 0. The van der Waals surface area contributed by atoms with Crippen molar-refractivity contribution in [2.45, 2.75) is 9.79 Å². The van der Waals surface area contributed by atoms with E-state index in [4.69, 9.17) is 9.47 Å². The molecule has 208 valence electrons. The lowest BCUT2D eigenvalue weighted by molar-refractivity contribution is 0.406. The summed E-state index contributed by atoms with van der Waals surface area (Å²) in [7, 11) is -7.60. The zero-order chi connectivity index (χ0) is 29.2. The highest BCUT2D eigenvalue weighted by molar-refractivity contribution is 7.86. The number of hydrogen-bond acceptors (Lipinski definition) is 12. The van der Waals surface area contributed by atoms with Crippen LogP contribution in [0.3, 0.4) is 0 Å². The Labute approximate surface area is 226 Å². The molecule has 0 amide bonds. The van der Waals surface area contributed by atoms with Gasteiger partial charge in [0.2, 0.25) is 0 Å². The number of nitrogens with zero attached hydrogens (tertiary/aromatic N) is 4. The summed E-state index contributed by atoms with van der Waals surface area (Å²) in [4.78, 5) is -1.40. The molecule has 0 aromatic heterocycles. The van der Waals surface area contributed by atoms with Crippen molar-refractivity contribution in [1.82, 2.24) is 0 Å². The molecule has 0 aliphatic heterocycles. The number of phenolic OH excluding ortho intramolecular Hbond substituents is 2. The van der Waals surface area contributed by atoms with Gasteiger partial charge in [-0.15, -0.1) is 28.2 Å². The number of ether oxygens (including phenoxy) is 2. The number of rotatable bonds is 8. The summed E-state index contributed by atoms with van der Waals surface area (Å²) in [5.41, 5.74) is -0.901. The molecule has 0 saturated carbocycles. The van der Waals surface area contributed by atoms with Gasteiger partial charge in [0.25, 0.3) is 0 Å². The number of benzene rings is 4. The Bertz CT molecular complexity index is 1780. The maximum atomic E-state index is 13.5. The van der Waals surface area contributed by atoms with E-state index in [2.05, 4.69) is 20.5 Å². The average molecular weight is 593 g/mol. The number of fused-ring (bicyclic) bond motifs is 1. The summed E-state index contributed by atoms with van der Waals surface area (Å²) in [5, 5.41) is 37.6. The van der Waals surface area contributed by atoms with E-state index in [9.17, 15) is 34.8 Å². The van der Waals surface area contributed by atoms with Crippen LogP contribution >= 0.6 is 0 Å². The Morgan fingerprint density at radius 2 is 1.00 bits per heavy atom. The van der Waals surface area contributed by atoms with Gasteiger partial charge in [0, 0.05) is 10.8 Å². The van der Waals surface area contributed by atoms with Crippen LogP contribution in [0.4, 0.5) is 30.5 Å². The first-order valence-corrected chi connectivity index (χ1v) is 13.7. The zero-order valence-corrected chi connectivity index (χ0v) is 22.1. The van der Waals surface area contributed by atoms with E-state index >= 15 is 0 Å². The third kappa shape index (κ3) is 5.67. The van der Waals surface area contributed by atoms with Crippen molar-refractivity contribution < 1.29 is 44.3 Å². The molecule has 0 bridgehead atoms. The minimum absolute atomic E-state index is 0.0426. The fourth-order valence-electron chi connectivity index (χ4n) is 3.58. The van der Waals surface area contributed by atoms with Gasteiger partial charge in [0.1, 0.15) is 44.0 Å². The van der Waals surface area contributed by atoms with Crippen molar-refractivity contribution in [3.8, 4) is 23.0 Å². The fourth-order valence-corrected chi connectivity index (χ4v) is 4.55. The van der Waals surface area contributed by atoms with Gasteiger partial charge in [-0.25, -0.2) is 0 Å². The second-order valence-electron chi connectivity index (χ2n) is 7.88. The predicted octanol–water partition coefficient (Wildman–Crippen LogP) is 6.42. The molecule has 0 heterocycles. The van der Waals surface area contributed by atoms with Gasteiger partial charge in [-0.3, -0.25) is 0 Å². The molecule has 0 radical (unpaired) electrons. The molecule has 0 saturated heterocycles. The third-order valence-electron chi connectivity index (χ3n) is 5.49. The first-order chi connectivity index (χ1) is 18.8. The van der Waals surface area contributed by atoms with Crippen molar-refractivity contribution in [2.24, 2.45) is 20.5 Å². The minimum atomic E-state index is -5.07. The maximum Gasteiger partial charge on any atom is 0.332 e. The smallest absolute Gasteiger partial charge is 0.332 e. The molecular weight excluding hydrogens is 574 g/mol. The van der Waals surface area contributed by atoms with Crippen molar-refractivity contribution in [2.75, 3.05) is 14.2 Å². The number of aromatic hydroxyl groups is 2. The first-order valence-electron chi connectivity index (χ1n) is 10.9. The number of phenols is 2. The maximum absolute atomic E-state index is 13.5. The van der Waals surface area contributed by atoms with E-state index in [0.717, 1.165) is 36.4 Å². The molecule has 2 N–H and O–H groups in total. The Kier molecular flexibility index (Phi) is 7.66. The topological polar surface area (TPSA) is 177 Å². The highest BCUT2D eigenvalue weighted by Gasteiger charge is 2.21. The largest absolute Gasteiger partial charge is 0.503 e. The molecule has 12 nitrogen and oxygen atoms in total. The summed E-state index contributed by atoms with van der Waals surface area (Å²) in [5.74, 6) is -1.50. The van der Waals surface area contributed by atoms with Gasteiger partial charge >= 0.3 is 20.4 Å². The average Bonchev–Trinajstić information content (AvgIpc) is 2.91. The molecule has 0 spiro atoms. The lowest BCUT2D eigenvalue weighted by Crippen LogP contribution is -1.92. The van der Waals surface area contributed by atoms with Gasteiger partial charge < -0.3 is 19.7 Å². The molecule has 40 heavy (non-hydrogen) atoms. The molecule has 0 unspecified atom stereocenters. The van der Waals surface area contributed by atoms with Gasteiger partial charge in [-0.2, -0.15) is 16.8 Å². The summed E-state index contributed by atoms with van der Waals surface area (Å²) in [6.45, 7) is 0. The van der Waals surface area contributed by atoms with Crippen LogP contribution in [-0.4, -0.2) is 41.3 Å². The molecule has 16 heteroatoms. The Morgan fingerprint density at radius 3 is 1.32 bits per heavy atom. The van der Waals surface area contributed by atoms with Gasteiger partial charge in [0.05, 0.1) is 14.2 Å². The number of azo groups is 2. The predicted molar refractivity (Wildman–Crippen MR) is 138 cm³/mol. The highest BCUT2D eigenvalue weighted by atomic mass is 32.3. The monoisotopic (exact) mass is 592 g/mol. The van der Waals surface area contributed by atoms with Crippen molar-refractivity contribution in [3.05, 3.63) is 60.7 Å². The summed E-state index contributed by atoms with van der Waals surface area (Å²) >= 11 is 0. The number of hydrogen-bond donors (Lipinski definition) is 2. The number of halogens is 2. The van der Waals surface area contributed by atoms with Crippen LogP contribution in [-0.2, 0) is 20.4 Å². The quantitative estimate of drug-likeness (QED) is 0.134. The van der Waals surface area contributed by atoms with Crippen LogP contribution in [0.15, 0.2) is 90.9 Å². The minimum Gasteiger partial charge on any atom is -0.503 e. The first kappa shape index (κ1) is 28.3. The Balaban J connectivity index is 1.86. The van der Waals surface area contributed by atoms with E-state index < -0.39 is 41.7 Å². The zero-order valence-electron chi connectivity index (χ0n) is 20.5. The third-order valence-corrected chi connectivity index (χ3v) is 7.12. The normalized spacial score (nSPS) is 12.4. The van der Waals surface area contributed by atoms with E-state index in [0.29, 0.717) is 0 Å². The molecule has 0 atom stereocenters. The standard InChI is InChI=1S/C24H18F2N4O8S2/c1-37-19-9-7-13(39(25,33)34)11-17(19)27-29-21-15-5-3-4-6-16(15)22(24(32)23(21)31)30-28-18-12-14(40(26,35)36)8-10-20(18)38-2/h3-12,31-32H,1-2H3/b29-27+,30-28+. The second-order valence-corrected chi connectivity index (χ2v) is 10.6. The molecule has 4 aromatic rings. The molecule has 0 fully saturated rings. The van der Waals surface area contributed by atoms with Crippen molar-refractivity contribution in [3.63, 3.8) is 0 Å².